The van der Waals surface area contributed by atoms with Gasteiger partial charge in [0.2, 0.25) is 0 Å². The SMILES string of the molecule is [Co+2].[O-]c1ccc(Br)cc1C=NCc1ccccc1OCC(O)COc1ccccc1CN=Cc1cc(Br)ccc1[O-]. The number of aliphatic hydroxyl groups excluding tert-OH is 1. The number of nitrogens with zero attached hydrogens (tertiary/aromatic N) is 2. The molecule has 1 N–H and O–H groups in total. The molecular formula is C31H26Br2CoN2O5. The van der Waals surface area contributed by atoms with Crippen molar-refractivity contribution in [3.8, 4) is 23.0 Å². The Bertz CT molecular complexity index is 1390. The molecule has 0 atom stereocenters. The number of hydrogen-bond donors (Lipinski definition) is 1. The maximum atomic E-state index is 12.0. The largest absolute Gasteiger partial charge is 2.00 e. The monoisotopic (exact) mass is 723 g/mol. The fourth-order valence-electron chi connectivity index (χ4n) is 3.70. The van der Waals surface area contributed by atoms with E-state index in [1.54, 1.807) is 36.7 Å². The van der Waals surface area contributed by atoms with Crippen LogP contribution in [0.1, 0.15) is 22.3 Å². The second-order valence-corrected chi connectivity index (χ2v) is 10.6. The molecule has 41 heavy (non-hydrogen) atoms. The number of ether oxygens (including phenoxy) is 2. The van der Waals surface area contributed by atoms with E-state index < -0.39 is 6.10 Å². The fraction of sp³-hybridized carbons (Fsp3) is 0.161. The second kappa shape index (κ2) is 16.3. The molecule has 0 heterocycles. The molecule has 0 saturated heterocycles. The summed E-state index contributed by atoms with van der Waals surface area (Å²) in [5, 5.41) is 34.5. The first kappa shape index (κ1) is 32.4. The average Bonchev–Trinajstić information content (AvgIpc) is 2.95. The van der Waals surface area contributed by atoms with Crippen molar-refractivity contribution in [2.24, 2.45) is 9.98 Å². The third-order valence-electron chi connectivity index (χ3n) is 5.74. The standard InChI is InChI=1S/C31H28Br2N2O5.Co/c32-25-9-11-28(37)23(13-25)17-34-15-21-5-1-3-7-30(21)39-19-27(36)20-40-31-8-4-2-6-22(31)16-35-18-24-14-26(33)10-12-29(24)38;/h1-14,17-18,27,36-38H,15-16,19-20H2;/q;+2/p-2. The van der Waals surface area contributed by atoms with E-state index in [9.17, 15) is 15.3 Å². The van der Waals surface area contributed by atoms with Crippen LogP contribution in [-0.4, -0.2) is 36.9 Å². The molecule has 1 radical (unpaired) electrons. The molecule has 0 aromatic heterocycles. The number of para-hydroxylation sites is 2. The topological polar surface area (TPSA) is 110 Å². The van der Waals surface area contributed by atoms with Crippen molar-refractivity contribution in [3.05, 3.63) is 116 Å². The maximum absolute atomic E-state index is 12.0. The smallest absolute Gasteiger partial charge is 0.872 e. The van der Waals surface area contributed by atoms with Crippen LogP contribution in [0.3, 0.4) is 0 Å². The van der Waals surface area contributed by atoms with Gasteiger partial charge in [0.05, 0.1) is 13.1 Å². The van der Waals surface area contributed by atoms with E-state index in [0.717, 1.165) is 20.1 Å². The Morgan fingerprint density at radius 2 is 1.10 bits per heavy atom. The van der Waals surface area contributed by atoms with Crippen LogP contribution in [0, 0.1) is 0 Å². The van der Waals surface area contributed by atoms with Crippen molar-refractivity contribution >= 4 is 44.3 Å². The van der Waals surface area contributed by atoms with E-state index in [1.807, 2.05) is 48.5 Å². The third-order valence-corrected chi connectivity index (χ3v) is 6.72. The summed E-state index contributed by atoms with van der Waals surface area (Å²) in [5.74, 6) is 0.980. The molecule has 4 aromatic rings. The van der Waals surface area contributed by atoms with Gasteiger partial charge in [-0.05, 0) is 47.5 Å². The molecule has 10 heteroatoms. The summed E-state index contributed by atoms with van der Waals surface area (Å²) in [7, 11) is 0. The molecule has 0 aliphatic heterocycles. The number of benzene rings is 4. The molecular weight excluding hydrogens is 699 g/mol. The first-order chi connectivity index (χ1) is 19.4. The molecule has 0 unspecified atom stereocenters. The van der Waals surface area contributed by atoms with E-state index >= 15 is 0 Å². The van der Waals surface area contributed by atoms with Crippen molar-refractivity contribution < 1.29 is 41.6 Å². The summed E-state index contributed by atoms with van der Waals surface area (Å²) in [6.07, 6.45) is 2.21. The molecule has 4 aromatic carbocycles. The second-order valence-electron chi connectivity index (χ2n) is 8.80. The van der Waals surface area contributed by atoms with Crippen LogP contribution in [0.5, 0.6) is 23.0 Å². The van der Waals surface area contributed by atoms with Gasteiger partial charge in [0.1, 0.15) is 30.8 Å². The Morgan fingerprint density at radius 1 is 0.683 bits per heavy atom. The Balaban J connectivity index is 0.00000462. The molecule has 0 bridgehead atoms. The quantitative estimate of drug-likeness (QED) is 0.197. The van der Waals surface area contributed by atoms with E-state index in [4.69, 9.17) is 9.47 Å². The van der Waals surface area contributed by atoms with Crippen LogP contribution in [0.4, 0.5) is 0 Å². The van der Waals surface area contributed by atoms with Gasteiger partial charge in [-0.2, -0.15) is 0 Å². The predicted molar refractivity (Wildman–Crippen MR) is 160 cm³/mol. The van der Waals surface area contributed by atoms with Gasteiger partial charge in [0, 0.05) is 32.5 Å². The zero-order valence-electron chi connectivity index (χ0n) is 21.7. The summed E-state index contributed by atoms with van der Waals surface area (Å²) >= 11 is 6.72. The fourth-order valence-corrected chi connectivity index (χ4v) is 4.45. The van der Waals surface area contributed by atoms with Crippen molar-refractivity contribution in [2.75, 3.05) is 13.2 Å². The van der Waals surface area contributed by atoms with Gasteiger partial charge in [-0.25, -0.2) is 0 Å². The van der Waals surface area contributed by atoms with E-state index in [-0.39, 0.29) is 41.5 Å². The Labute approximate surface area is 266 Å². The van der Waals surface area contributed by atoms with Crippen LogP contribution in [0.25, 0.3) is 0 Å². The summed E-state index contributed by atoms with van der Waals surface area (Å²) < 4.78 is 13.4. The zero-order valence-corrected chi connectivity index (χ0v) is 25.9. The summed E-state index contributed by atoms with van der Waals surface area (Å²) in [4.78, 5) is 8.79. The Kier molecular flexibility index (Phi) is 12.9. The molecule has 213 valence electrons. The average molecular weight is 725 g/mol. The number of aliphatic imine (C=N–C) groups is 2. The summed E-state index contributed by atoms with van der Waals surface area (Å²) in [6, 6.07) is 24.6. The van der Waals surface area contributed by atoms with Gasteiger partial charge in [0.15, 0.2) is 0 Å². The first-order valence-electron chi connectivity index (χ1n) is 12.4. The van der Waals surface area contributed by atoms with Crippen LogP contribution < -0.4 is 19.7 Å². The summed E-state index contributed by atoms with van der Waals surface area (Å²) in [5.41, 5.74) is 2.64. The van der Waals surface area contributed by atoms with Crippen molar-refractivity contribution in [2.45, 2.75) is 19.2 Å². The third kappa shape index (κ3) is 10.0. The van der Waals surface area contributed by atoms with E-state index in [0.29, 0.717) is 35.7 Å². The summed E-state index contributed by atoms with van der Waals surface area (Å²) in [6.45, 7) is 0.672. The van der Waals surface area contributed by atoms with Crippen molar-refractivity contribution in [1.82, 2.24) is 0 Å². The van der Waals surface area contributed by atoms with Crippen LogP contribution in [0.15, 0.2) is 104 Å². The van der Waals surface area contributed by atoms with Crippen molar-refractivity contribution in [1.29, 1.82) is 0 Å². The molecule has 0 fully saturated rings. The maximum Gasteiger partial charge on any atom is 2.00 e. The van der Waals surface area contributed by atoms with E-state index in [1.165, 1.54) is 12.1 Å². The zero-order chi connectivity index (χ0) is 28.3. The number of halogens is 2. The van der Waals surface area contributed by atoms with Gasteiger partial charge < -0.3 is 24.8 Å². The Hall–Kier alpha value is -3.15. The van der Waals surface area contributed by atoms with Gasteiger partial charge in [0.25, 0.3) is 0 Å². The van der Waals surface area contributed by atoms with Crippen molar-refractivity contribution in [3.63, 3.8) is 0 Å². The molecule has 7 nitrogen and oxygen atoms in total. The Morgan fingerprint density at radius 3 is 1.54 bits per heavy atom. The van der Waals surface area contributed by atoms with Gasteiger partial charge in [-0.15, -0.1) is 0 Å². The van der Waals surface area contributed by atoms with Gasteiger partial charge >= 0.3 is 16.8 Å². The van der Waals surface area contributed by atoms with Gasteiger partial charge in [-0.1, -0.05) is 91.9 Å². The molecule has 0 aliphatic carbocycles. The van der Waals surface area contributed by atoms with Crippen LogP contribution in [-0.2, 0) is 29.9 Å². The predicted octanol–water partition coefficient (Wildman–Crippen LogP) is 5.41. The van der Waals surface area contributed by atoms with Crippen LogP contribution in [0.2, 0.25) is 0 Å². The number of hydrogen-bond acceptors (Lipinski definition) is 7. The van der Waals surface area contributed by atoms with Gasteiger partial charge in [-0.3, -0.25) is 9.98 Å². The minimum atomic E-state index is -0.887. The molecule has 0 amide bonds. The first-order valence-corrected chi connectivity index (χ1v) is 14.0. The molecule has 4 rings (SSSR count). The minimum Gasteiger partial charge on any atom is -0.872 e. The van der Waals surface area contributed by atoms with Crippen LogP contribution >= 0.6 is 31.9 Å². The molecule has 0 saturated carbocycles. The number of rotatable bonds is 12. The minimum absolute atomic E-state index is 0. The van der Waals surface area contributed by atoms with E-state index in [2.05, 4.69) is 41.8 Å². The molecule has 0 spiro atoms. The number of aliphatic hydroxyl groups is 1. The molecule has 0 aliphatic rings. The normalized spacial score (nSPS) is 11.9.